The van der Waals surface area contributed by atoms with Crippen molar-refractivity contribution >= 4 is 45.8 Å². The maximum absolute atomic E-state index is 13.1. The average molecular weight is 510 g/mol. The molecule has 1 aliphatic heterocycles. The van der Waals surface area contributed by atoms with Crippen LogP contribution in [0.4, 0.5) is 4.79 Å². The number of nitrogens with zero attached hydrogens (tertiary/aromatic N) is 2. The molecule has 186 valence electrons. The Bertz CT molecular complexity index is 1520. The molecule has 0 aliphatic carbocycles. The first-order valence-corrected chi connectivity index (χ1v) is 12.9. The number of amides is 3. The lowest BCUT2D eigenvalue weighted by atomic mass is 10.1. The van der Waals surface area contributed by atoms with Crippen molar-refractivity contribution in [3.8, 4) is 0 Å². The monoisotopic (exact) mass is 509 g/mol. The third-order valence-corrected chi connectivity index (χ3v) is 7.30. The molecule has 37 heavy (non-hydrogen) atoms. The second-order valence-corrected chi connectivity index (χ2v) is 10.2. The Morgan fingerprint density at radius 1 is 1.00 bits per heavy atom. The van der Waals surface area contributed by atoms with E-state index in [0.29, 0.717) is 4.91 Å². The van der Waals surface area contributed by atoms with Crippen LogP contribution in [-0.2, 0) is 22.7 Å². The highest BCUT2D eigenvalue weighted by molar-refractivity contribution is 8.18. The summed E-state index contributed by atoms with van der Waals surface area (Å²) < 4.78 is 1.88. The Morgan fingerprint density at radius 3 is 2.54 bits per heavy atom. The fraction of sp³-hybridized carbons (Fsp3) is 0.167. The van der Waals surface area contributed by atoms with Gasteiger partial charge >= 0.3 is 0 Å². The molecule has 3 aromatic carbocycles. The molecule has 1 saturated heterocycles. The number of hydrogen-bond acceptors (Lipinski definition) is 4. The lowest BCUT2D eigenvalue weighted by Gasteiger charge is -2.15. The molecule has 1 fully saturated rings. The number of carbonyl (C=O) groups is 3. The summed E-state index contributed by atoms with van der Waals surface area (Å²) in [5.41, 5.74) is 4.71. The fourth-order valence-electron chi connectivity index (χ4n) is 4.56. The summed E-state index contributed by atoms with van der Waals surface area (Å²) in [5.74, 6) is -0.412. The number of carbonyl (C=O) groups excluding carboxylic acids is 3. The molecule has 7 heteroatoms. The number of nitrogens with one attached hydrogen (secondary N) is 1. The highest BCUT2D eigenvalue weighted by Gasteiger charge is 2.35. The number of hydrogen-bond donors (Lipinski definition) is 1. The van der Waals surface area contributed by atoms with Gasteiger partial charge in [0.2, 0.25) is 5.91 Å². The van der Waals surface area contributed by atoms with Gasteiger partial charge in [-0.15, -0.1) is 0 Å². The Morgan fingerprint density at radius 2 is 1.76 bits per heavy atom. The topological polar surface area (TPSA) is 71.4 Å². The number of para-hydroxylation sites is 1. The Hall–Kier alpha value is -4.10. The SMILES string of the molecule is Cc1cccc(CN2C(=O)S/C(=C\c3cn(CC(=O)NC(C)c4ccccc4)c4ccccc34)C2=O)c1. The third-order valence-electron chi connectivity index (χ3n) is 6.39. The molecule has 1 N–H and O–H groups in total. The summed E-state index contributed by atoms with van der Waals surface area (Å²) in [4.78, 5) is 40.3. The fourth-order valence-corrected chi connectivity index (χ4v) is 5.39. The van der Waals surface area contributed by atoms with Gasteiger partial charge in [-0.05, 0) is 48.9 Å². The van der Waals surface area contributed by atoms with E-state index in [1.807, 2.05) is 103 Å². The summed E-state index contributed by atoms with van der Waals surface area (Å²) in [7, 11) is 0. The van der Waals surface area contributed by atoms with Crippen LogP contribution in [0.3, 0.4) is 0 Å². The van der Waals surface area contributed by atoms with Gasteiger partial charge in [-0.25, -0.2) is 0 Å². The minimum Gasteiger partial charge on any atom is -0.348 e. The van der Waals surface area contributed by atoms with Crippen LogP contribution in [0, 0.1) is 6.92 Å². The molecule has 0 bridgehead atoms. The van der Waals surface area contributed by atoms with E-state index in [1.54, 1.807) is 6.08 Å². The van der Waals surface area contributed by atoms with E-state index >= 15 is 0 Å². The normalized spacial score (nSPS) is 15.5. The van der Waals surface area contributed by atoms with Crippen molar-refractivity contribution in [1.82, 2.24) is 14.8 Å². The lowest BCUT2D eigenvalue weighted by molar-refractivity contribution is -0.123. The Balaban J connectivity index is 1.37. The molecule has 1 unspecified atom stereocenters. The number of rotatable bonds is 7. The predicted octanol–water partition coefficient (Wildman–Crippen LogP) is 6.06. The maximum Gasteiger partial charge on any atom is 0.293 e. The van der Waals surface area contributed by atoms with Gasteiger partial charge in [-0.1, -0.05) is 78.4 Å². The molecular weight excluding hydrogens is 482 g/mol. The first-order valence-electron chi connectivity index (χ1n) is 12.1. The molecular formula is C30H27N3O3S. The molecule has 0 radical (unpaired) electrons. The molecule has 1 atom stereocenters. The van der Waals surface area contributed by atoms with Gasteiger partial charge in [-0.2, -0.15) is 0 Å². The highest BCUT2D eigenvalue weighted by atomic mass is 32.2. The van der Waals surface area contributed by atoms with E-state index in [1.165, 1.54) is 4.90 Å². The van der Waals surface area contributed by atoms with Crippen LogP contribution in [0.2, 0.25) is 0 Å². The number of aromatic nitrogens is 1. The van der Waals surface area contributed by atoms with E-state index in [-0.39, 0.29) is 36.2 Å². The zero-order valence-electron chi connectivity index (χ0n) is 20.7. The summed E-state index contributed by atoms with van der Waals surface area (Å²) in [6.45, 7) is 4.32. The molecule has 1 aliphatic rings. The Labute approximate surface area is 220 Å². The number of fused-ring (bicyclic) bond motifs is 1. The van der Waals surface area contributed by atoms with Crippen molar-refractivity contribution < 1.29 is 14.4 Å². The van der Waals surface area contributed by atoms with Gasteiger partial charge in [0.25, 0.3) is 11.1 Å². The van der Waals surface area contributed by atoms with Crippen LogP contribution >= 0.6 is 11.8 Å². The average Bonchev–Trinajstić information content (AvgIpc) is 3.36. The van der Waals surface area contributed by atoms with Gasteiger partial charge in [0, 0.05) is 22.7 Å². The molecule has 0 spiro atoms. The van der Waals surface area contributed by atoms with Gasteiger partial charge in [0.05, 0.1) is 17.5 Å². The van der Waals surface area contributed by atoms with Crippen LogP contribution in [0.5, 0.6) is 0 Å². The summed E-state index contributed by atoms with van der Waals surface area (Å²) in [6, 6.07) is 25.2. The number of benzene rings is 3. The second-order valence-electron chi connectivity index (χ2n) is 9.19. The third kappa shape index (κ3) is 5.37. The molecule has 4 aromatic rings. The maximum atomic E-state index is 13.1. The van der Waals surface area contributed by atoms with E-state index in [0.717, 1.165) is 44.9 Å². The first kappa shape index (κ1) is 24.6. The molecule has 3 amide bonds. The number of thioether (sulfide) groups is 1. The van der Waals surface area contributed by atoms with Crippen molar-refractivity contribution in [2.45, 2.75) is 33.0 Å². The number of aryl methyl sites for hydroxylation is 1. The van der Waals surface area contributed by atoms with Gasteiger partial charge in [-0.3, -0.25) is 19.3 Å². The second kappa shape index (κ2) is 10.5. The van der Waals surface area contributed by atoms with Crippen molar-refractivity contribution in [3.63, 3.8) is 0 Å². The first-order chi connectivity index (χ1) is 17.9. The molecule has 6 nitrogen and oxygen atoms in total. The van der Waals surface area contributed by atoms with E-state index < -0.39 is 0 Å². The van der Waals surface area contributed by atoms with Crippen LogP contribution in [-0.4, -0.2) is 26.5 Å². The summed E-state index contributed by atoms with van der Waals surface area (Å²) in [6.07, 6.45) is 3.62. The van der Waals surface area contributed by atoms with Crippen LogP contribution < -0.4 is 5.32 Å². The van der Waals surface area contributed by atoms with Crippen LogP contribution in [0.25, 0.3) is 17.0 Å². The molecule has 5 rings (SSSR count). The largest absolute Gasteiger partial charge is 0.348 e. The molecule has 0 saturated carbocycles. The van der Waals surface area contributed by atoms with E-state index in [2.05, 4.69) is 5.32 Å². The zero-order valence-corrected chi connectivity index (χ0v) is 21.5. The number of imide groups is 1. The minimum absolute atomic E-state index is 0.109. The lowest BCUT2D eigenvalue weighted by Crippen LogP contribution is -2.29. The van der Waals surface area contributed by atoms with Crippen LogP contribution in [0.1, 0.15) is 35.2 Å². The van der Waals surface area contributed by atoms with Crippen molar-refractivity contribution in [2.24, 2.45) is 0 Å². The smallest absolute Gasteiger partial charge is 0.293 e. The van der Waals surface area contributed by atoms with E-state index in [4.69, 9.17) is 0 Å². The van der Waals surface area contributed by atoms with Crippen LogP contribution in [0.15, 0.2) is 90.0 Å². The van der Waals surface area contributed by atoms with Crippen molar-refractivity contribution in [3.05, 3.63) is 112 Å². The van der Waals surface area contributed by atoms with Gasteiger partial charge in [0.1, 0.15) is 6.54 Å². The summed E-state index contributed by atoms with van der Waals surface area (Å²) >= 11 is 0.948. The van der Waals surface area contributed by atoms with Gasteiger partial charge in [0.15, 0.2) is 0 Å². The van der Waals surface area contributed by atoms with Crippen molar-refractivity contribution in [1.29, 1.82) is 0 Å². The highest BCUT2D eigenvalue weighted by Crippen LogP contribution is 2.35. The summed E-state index contributed by atoms with van der Waals surface area (Å²) in [5, 5.41) is 3.68. The molecule has 1 aromatic heterocycles. The van der Waals surface area contributed by atoms with Gasteiger partial charge < -0.3 is 9.88 Å². The quantitative estimate of drug-likeness (QED) is 0.307. The predicted molar refractivity (Wildman–Crippen MR) is 148 cm³/mol. The molecule has 2 heterocycles. The zero-order chi connectivity index (χ0) is 25.9. The van der Waals surface area contributed by atoms with E-state index in [9.17, 15) is 14.4 Å². The Kier molecular flexibility index (Phi) is 6.97. The minimum atomic E-state index is -0.303. The standard InChI is InChI=1S/C30H27N3O3S/c1-20-9-8-10-22(15-20)17-33-29(35)27(37-30(33)36)16-24-18-32(26-14-7-6-13-25(24)26)19-28(34)31-21(2)23-11-4-3-5-12-23/h3-16,18,21H,17,19H2,1-2H3,(H,31,34)/b27-16-. The van der Waals surface area contributed by atoms with Crippen molar-refractivity contribution in [2.75, 3.05) is 0 Å².